The third-order valence-electron chi connectivity index (χ3n) is 3.74. The second kappa shape index (κ2) is 7.04. The number of ether oxygens (including phenoxy) is 2. The van der Waals surface area contributed by atoms with E-state index in [0.29, 0.717) is 29.2 Å². The molecule has 0 fully saturated rings. The first-order valence-electron chi connectivity index (χ1n) is 7.82. The number of carbonyl (C=O) groups excluding carboxylic acids is 1. The average molecular weight is 321 g/mol. The van der Waals surface area contributed by atoms with Crippen LogP contribution in [-0.4, -0.2) is 24.1 Å². The molecule has 0 atom stereocenters. The van der Waals surface area contributed by atoms with E-state index >= 15 is 0 Å². The number of benzene rings is 2. The Morgan fingerprint density at radius 1 is 0.958 bits per heavy atom. The lowest BCUT2D eigenvalue weighted by Gasteiger charge is -2.11. The van der Waals surface area contributed by atoms with E-state index in [1.807, 2.05) is 60.3 Å². The first-order valence-corrected chi connectivity index (χ1v) is 7.82. The zero-order valence-electron chi connectivity index (χ0n) is 13.7. The summed E-state index contributed by atoms with van der Waals surface area (Å²) in [5, 5.41) is 0. The van der Waals surface area contributed by atoms with Crippen LogP contribution in [0.1, 0.15) is 22.8 Å². The van der Waals surface area contributed by atoms with Gasteiger partial charge in [0.1, 0.15) is 0 Å². The van der Waals surface area contributed by atoms with Crippen LogP contribution in [0.15, 0.2) is 67.0 Å². The molecule has 1 aromatic heterocycles. The molecule has 0 bridgehead atoms. The molecule has 2 aromatic carbocycles. The van der Waals surface area contributed by atoms with Gasteiger partial charge in [0.05, 0.1) is 13.7 Å². The second-order valence-electron chi connectivity index (χ2n) is 5.27. The Labute approximate surface area is 141 Å². The van der Waals surface area contributed by atoms with Crippen LogP contribution in [0.2, 0.25) is 0 Å². The van der Waals surface area contributed by atoms with Crippen LogP contribution in [0.25, 0.3) is 5.69 Å². The summed E-state index contributed by atoms with van der Waals surface area (Å²) in [6, 6.07) is 16.7. The number of carbonyl (C=O) groups is 1. The van der Waals surface area contributed by atoms with Gasteiger partial charge in [-0.05, 0) is 49.4 Å². The van der Waals surface area contributed by atoms with E-state index in [0.717, 1.165) is 5.69 Å². The van der Waals surface area contributed by atoms with E-state index < -0.39 is 0 Å². The van der Waals surface area contributed by atoms with Crippen molar-refractivity contribution < 1.29 is 14.3 Å². The van der Waals surface area contributed by atoms with Crippen molar-refractivity contribution in [2.24, 2.45) is 0 Å². The molecule has 4 heteroatoms. The summed E-state index contributed by atoms with van der Waals surface area (Å²) >= 11 is 0. The van der Waals surface area contributed by atoms with Crippen LogP contribution in [0.3, 0.4) is 0 Å². The molecule has 0 aliphatic heterocycles. The number of rotatable bonds is 6. The van der Waals surface area contributed by atoms with Gasteiger partial charge < -0.3 is 14.0 Å². The van der Waals surface area contributed by atoms with Crippen LogP contribution in [0.5, 0.6) is 11.5 Å². The molecular formula is C20H19NO3. The van der Waals surface area contributed by atoms with Crippen LogP contribution in [0, 0.1) is 0 Å². The maximum Gasteiger partial charge on any atom is 0.193 e. The predicted molar refractivity (Wildman–Crippen MR) is 93.4 cm³/mol. The molecule has 0 aliphatic carbocycles. The molecule has 4 nitrogen and oxygen atoms in total. The molecule has 3 aromatic rings. The van der Waals surface area contributed by atoms with E-state index in [-0.39, 0.29) is 5.78 Å². The number of methoxy groups -OCH3 is 1. The summed E-state index contributed by atoms with van der Waals surface area (Å²) in [4.78, 5) is 12.8. The SMILES string of the molecule is CCOc1cc(C(=O)c2cccc(-n3cccc3)c2)ccc1OC. The van der Waals surface area contributed by atoms with Crippen molar-refractivity contribution in [3.05, 3.63) is 78.1 Å². The molecule has 0 unspecified atom stereocenters. The van der Waals surface area contributed by atoms with Gasteiger partial charge in [0.25, 0.3) is 0 Å². The zero-order valence-corrected chi connectivity index (χ0v) is 13.7. The molecule has 0 N–H and O–H groups in total. The maximum atomic E-state index is 12.8. The first-order chi connectivity index (χ1) is 11.7. The van der Waals surface area contributed by atoms with Gasteiger partial charge in [0, 0.05) is 29.2 Å². The van der Waals surface area contributed by atoms with Crippen molar-refractivity contribution in [3.8, 4) is 17.2 Å². The van der Waals surface area contributed by atoms with Gasteiger partial charge in [-0.3, -0.25) is 4.79 Å². The molecule has 0 saturated heterocycles. The largest absolute Gasteiger partial charge is 0.493 e. The third-order valence-corrected chi connectivity index (χ3v) is 3.74. The van der Waals surface area contributed by atoms with Crippen LogP contribution in [0.4, 0.5) is 0 Å². The Bertz CT molecular complexity index is 838. The van der Waals surface area contributed by atoms with E-state index in [9.17, 15) is 4.79 Å². The molecule has 1 heterocycles. The van der Waals surface area contributed by atoms with Crippen molar-refractivity contribution in [1.29, 1.82) is 0 Å². The van der Waals surface area contributed by atoms with E-state index in [1.165, 1.54) is 0 Å². The Morgan fingerprint density at radius 2 is 1.71 bits per heavy atom. The van der Waals surface area contributed by atoms with Gasteiger partial charge >= 0.3 is 0 Å². The Hall–Kier alpha value is -3.01. The fraction of sp³-hybridized carbons (Fsp3) is 0.150. The molecule has 3 rings (SSSR count). The van der Waals surface area contributed by atoms with Crippen molar-refractivity contribution >= 4 is 5.78 Å². The van der Waals surface area contributed by atoms with Gasteiger partial charge in [0.2, 0.25) is 0 Å². The smallest absolute Gasteiger partial charge is 0.193 e. The summed E-state index contributed by atoms with van der Waals surface area (Å²) in [5.41, 5.74) is 2.15. The Kier molecular flexibility index (Phi) is 4.66. The highest BCUT2D eigenvalue weighted by molar-refractivity contribution is 6.09. The zero-order chi connectivity index (χ0) is 16.9. The monoisotopic (exact) mass is 321 g/mol. The van der Waals surface area contributed by atoms with E-state index in [2.05, 4.69) is 0 Å². The summed E-state index contributed by atoms with van der Waals surface area (Å²) in [6.45, 7) is 2.41. The Balaban J connectivity index is 1.94. The number of aromatic nitrogens is 1. The molecule has 24 heavy (non-hydrogen) atoms. The predicted octanol–water partition coefficient (Wildman–Crippen LogP) is 4.12. The quantitative estimate of drug-likeness (QED) is 0.641. The summed E-state index contributed by atoms with van der Waals surface area (Å²) in [5.74, 6) is 1.15. The summed E-state index contributed by atoms with van der Waals surface area (Å²) in [7, 11) is 1.58. The second-order valence-corrected chi connectivity index (χ2v) is 5.27. The van der Waals surface area contributed by atoms with E-state index in [4.69, 9.17) is 9.47 Å². The summed E-state index contributed by atoms with van der Waals surface area (Å²) < 4.78 is 12.8. The maximum absolute atomic E-state index is 12.8. The van der Waals surface area contributed by atoms with Crippen LogP contribution in [-0.2, 0) is 0 Å². The normalized spacial score (nSPS) is 10.4. The standard InChI is InChI=1S/C20H19NO3/c1-3-24-19-14-16(9-10-18(19)23-2)20(22)15-7-6-8-17(13-15)21-11-4-5-12-21/h4-14H,3H2,1-2H3. The third kappa shape index (κ3) is 3.18. The molecule has 0 aliphatic rings. The highest BCUT2D eigenvalue weighted by Crippen LogP contribution is 2.29. The van der Waals surface area contributed by atoms with Gasteiger partial charge in [-0.25, -0.2) is 0 Å². The molecule has 122 valence electrons. The lowest BCUT2D eigenvalue weighted by molar-refractivity contribution is 0.103. The number of nitrogens with zero attached hydrogens (tertiary/aromatic N) is 1. The molecule has 0 spiro atoms. The van der Waals surface area contributed by atoms with Gasteiger partial charge in [-0.1, -0.05) is 12.1 Å². The van der Waals surface area contributed by atoms with E-state index in [1.54, 1.807) is 25.3 Å². The average Bonchev–Trinajstić information content (AvgIpc) is 3.16. The topological polar surface area (TPSA) is 40.5 Å². The highest BCUT2D eigenvalue weighted by atomic mass is 16.5. The lowest BCUT2D eigenvalue weighted by Crippen LogP contribution is -2.04. The minimum Gasteiger partial charge on any atom is -0.493 e. The van der Waals surface area contributed by atoms with Gasteiger partial charge in [-0.15, -0.1) is 0 Å². The molecule has 0 radical (unpaired) electrons. The highest BCUT2D eigenvalue weighted by Gasteiger charge is 2.13. The molecular weight excluding hydrogens is 302 g/mol. The number of hydrogen-bond donors (Lipinski definition) is 0. The molecule has 0 amide bonds. The molecule has 0 saturated carbocycles. The van der Waals surface area contributed by atoms with Crippen molar-refractivity contribution in [3.63, 3.8) is 0 Å². The summed E-state index contributed by atoms with van der Waals surface area (Å²) in [6.07, 6.45) is 3.90. The van der Waals surface area contributed by atoms with Crippen LogP contribution < -0.4 is 9.47 Å². The Morgan fingerprint density at radius 3 is 2.42 bits per heavy atom. The van der Waals surface area contributed by atoms with Crippen LogP contribution >= 0.6 is 0 Å². The van der Waals surface area contributed by atoms with Crippen molar-refractivity contribution in [2.75, 3.05) is 13.7 Å². The number of ketones is 1. The fourth-order valence-corrected chi connectivity index (χ4v) is 2.57. The fourth-order valence-electron chi connectivity index (χ4n) is 2.57. The van der Waals surface area contributed by atoms with Crippen molar-refractivity contribution in [2.45, 2.75) is 6.92 Å². The van der Waals surface area contributed by atoms with Gasteiger partial charge in [-0.2, -0.15) is 0 Å². The number of hydrogen-bond acceptors (Lipinski definition) is 3. The van der Waals surface area contributed by atoms with Gasteiger partial charge in [0.15, 0.2) is 17.3 Å². The minimum atomic E-state index is -0.0485. The lowest BCUT2D eigenvalue weighted by atomic mass is 10.0. The van der Waals surface area contributed by atoms with Crippen molar-refractivity contribution in [1.82, 2.24) is 4.57 Å². The first kappa shape index (κ1) is 15.9. The minimum absolute atomic E-state index is 0.0485.